The van der Waals surface area contributed by atoms with Gasteiger partial charge in [0.05, 0.1) is 43.7 Å². The van der Waals surface area contributed by atoms with Crippen molar-refractivity contribution in [1.29, 1.82) is 0 Å². The Bertz CT molecular complexity index is 791. The molecule has 7 heteroatoms. The molecule has 2 heterocycles. The van der Waals surface area contributed by atoms with Gasteiger partial charge in [0.15, 0.2) is 0 Å². The van der Waals surface area contributed by atoms with Gasteiger partial charge in [-0.1, -0.05) is 18.2 Å². The van der Waals surface area contributed by atoms with Crippen LogP contribution in [0.25, 0.3) is 5.69 Å². The highest BCUT2D eigenvalue weighted by Crippen LogP contribution is 2.31. The standard InChI is InChI=1S/C22H31N3O4/c1-17-22(18(2)25(23-17)19-8-5-4-6-9-19)20-16-29-15-11-24(20)21(26)10-14-28-13-7-12-27-3/h4-6,8-9,20H,7,10-16H2,1-3H3. The molecule has 0 saturated carbocycles. The lowest BCUT2D eigenvalue weighted by Gasteiger charge is -2.36. The fourth-order valence-electron chi connectivity index (χ4n) is 3.81. The van der Waals surface area contributed by atoms with Gasteiger partial charge in [-0.3, -0.25) is 4.79 Å². The average Bonchev–Trinajstić information content (AvgIpc) is 3.05. The van der Waals surface area contributed by atoms with Crippen LogP contribution in [0.4, 0.5) is 0 Å². The number of carbonyl (C=O) groups excluding carboxylic acids is 1. The van der Waals surface area contributed by atoms with Crippen LogP contribution in [0.5, 0.6) is 0 Å². The summed E-state index contributed by atoms with van der Waals surface area (Å²) in [7, 11) is 1.67. The summed E-state index contributed by atoms with van der Waals surface area (Å²) in [5, 5.41) is 4.74. The Hall–Kier alpha value is -2.22. The monoisotopic (exact) mass is 401 g/mol. The second kappa shape index (κ2) is 10.5. The first-order valence-corrected chi connectivity index (χ1v) is 10.2. The van der Waals surface area contributed by atoms with Gasteiger partial charge in [-0.25, -0.2) is 4.68 Å². The number of benzene rings is 1. The van der Waals surface area contributed by atoms with E-state index in [1.165, 1.54) is 0 Å². The quantitative estimate of drug-likeness (QED) is 0.605. The van der Waals surface area contributed by atoms with Gasteiger partial charge in [-0.2, -0.15) is 5.10 Å². The molecule has 1 aromatic carbocycles. The summed E-state index contributed by atoms with van der Waals surface area (Å²) >= 11 is 0. The van der Waals surface area contributed by atoms with Crippen LogP contribution in [0.15, 0.2) is 30.3 Å². The largest absolute Gasteiger partial charge is 0.385 e. The first-order chi connectivity index (χ1) is 14.1. The SMILES string of the molecule is COCCCOCCC(=O)N1CCOCC1c1c(C)nn(-c2ccccc2)c1C. The van der Waals surface area contributed by atoms with Crippen LogP contribution in [0.2, 0.25) is 0 Å². The van der Waals surface area contributed by atoms with Crippen molar-refractivity contribution in [1.82, 2.24) is 14.7 Å². The van der Waals surface area contributed by atoms with Crippen LogP contribution >= 0.6 is 0 Å². The van der Waals surface area contributed by atoms with Gasteiger partial charge < -0.3 is 19.1 Å². The molecule has 1 saturated heterocycles. The van der Waals surface area contributed by atoms with Gasteiger partial charge in [-0.05, 0) is 32.4 Å². The lowest BCUT2D eigenvalue weighted by molar-refractivity contribution is -0.141. The number of nitrogens with zero attached hydrogens (tertiary/aromatic N) is 3. The number of carbonyl (C=O) groups is 1. The number of rotatable bonds is 9. The molecule has 1 aromatic heterocycles. The topological polar surface area (TPSA) is 65.8 Å². The zero-order valence-corrected chi connectivity index (χ0v) is 17.6. The molecule has 0 bridgehead atoms. The summed E-state index contributed by atoms with van der Waals surface area (Å²) in [5.41, 5.74) is 4.05. The van der Waals surface area contributed by atoms with Crippen molar-refractivity contribution in [2.24, 2.45) is 0 Å². The van der Waals surface area contributed by atoms with Crippen molar-refractivity contribution in [3.8, 4) is 5.69 Å². The molecule has 1 aliphatic rings. The van der Waals surface area contributed by atoms with Gasteiger partial charge in [0, 0.05) is 38.1 Å². The Labute approximate surface area is 172 Å². The number of ether oxygens (including phenoxy) is 3. The highest BCUT2D eigenvalue weighted by molar-refractivity contribution is 5.77. The maximum Gasteiger partial charge on any atom is 0.225 e. The van der Waals surface area contributed by atoms with E-state index in [0.29, 0.717) is 46.0 Å². The molecule has 1 aliphatic heterocycles. The average molecular weight is 402 g/mol. The van der Waals surface area contributed by atoms with E-state index in [1.807, 2.05) is 46.8 Å². The Morgan fingerprint density at radius 1 is 1.21 bits per heavy atom. The van der Waals surface area contributed by atoms with Gasteiger partial charge in [0.2, 0.25) is 5.91 Å². The third kappa shape index (κ3) is 5.23. The van der Waals surface area contributed by atoms with Crippen molar-refractivity contribution in [2.75, 3.05) is 46.7 Å². The number of aromatic nitrogens is 2. The minimum Gasteiger partial charge on any atom is -0.385 e. The molecular formula is C22H31N3O4. The number of aryl methyl sites for hydroxylation is 1. The van der Waals surface area contributed by atoms with E-state index in [4.69, 9.17) is 19.3 Å². The van der Waals surface area contributed by atoms with Gasteiger partial charge in [0.25, 0.3) is 0 Å². The molecule has 3 rings (SSSR count). The van der Waals surface area contributed by atoms with Crippen LogP contribution in [0.3, 0.4) is 0 Å². The van der Waals surface area contributed by atoms with Crippen LogP contribution in [-0.4, -0.2) is 67.3 Å². The van der Waals surface area contributed by atoms with Crippen molar-refractivity contribution in [3.05, 3.63) is 47.3 Å². The molecule has 1 fully saturated rings. The third-order valence-electron chi connectivity index (χ3n) is 5.23. The van der Waals surface area contributed by atoms with E-state index < -0.39 is 0 Å². The number of methoxy groups -OCH3 is 1. The molecule has 1 atom stereocenters. The Kier molecular flexibility index (Phi) is 7.80. The summed E-state index contributed by atoms with van der Waals surface area (Å²) in [5.74, 6) is 0.0938. The number of para-hydroxylation sites is 1. The number of hydrogen-bond donors (Lipinski definition) is 0. The van der Waals surface area contributed by atoms with E-state index in [-0.39, 0.29) is 11.9 Å². The number of morpholine rings is 1. The molecule has 29 heavy (non-hydrogen) atoms. The van der Waals surface area contributed by atoms with Crippen LogP contribution in [0.1, 0.15) is 35.8 Å². The Morgan fingerprint density at radius 3 is 2.76 bits per heavy atom. The minimum atomic E-state index is -0.123. The fourth-order valence-corrected chi connectivity index (χ4v) is 3.81. The number of hydrogen-bond acceptors (Lipinski definition) is 5. The predicted molar refractivity (Wildman–Crippen MR) is 110 cm³/mol. The van der Waals surface area contributed by atoms with Gasteiger partial charge >= 0.3 is 0 Å². The minimum absolute atomic E-state index is 0.0938. The summed E-state index contributed by atoms with van der Waals surface area (Å²) < 4.78 is 18.3. The molecule has 7 nitrogen and oxygen atoms in total. The van der Waals surface area contributed by atoms with E-state index in [2.05, 4.69) is 6.92 Å². The first kappa shape index (κ1) is 21.5. The molecule has 0 N–H and O–H groups in total. The second-order valence-corrected chi connectivity index (χ2v) is 7.22. The van der Waals surface area contributed by atoms with Crippen LogP contribution in [-0.2, 0) is 19.0 Å². The van der Waals surface area contributed by atoms with Crippen molar-refractivity contribution >= 4 is 5.91 Å². The highest BCUT2D eigenvalue weighted by Gasteiger charge is 2.32. The Morgan fingerprint density at radius 2 is 2.00 bits per heavy atom. The molecule has 1 unspecified atom stereocenters. The molecule has 1 amide bonds. The second-order valence-electron chi connectivity index (χ2n) is 7.22. The molecular weight excluding hydrogens is 370 g/mol. The van der Waals surface area contributed by atoms with E-state index in [9.17, 15) is 4.79 Å². The molecule has 158 valence electrons. The first-order valence-electron chi connectivity index (χ1n) is 10.2. The fraction of sp³-hybridized carbons (Fsp3) is 0.545. The lowest BCUT2D eigenvalue weighted by Crippen LogP contribution is -2.44. The summed E-state index contributed by atoms with van der Waals surface area (Å²) in [6, 6.07) is 9.93. The van der Waals surface area contributed by atoms with Crippen LogP contribution in [0, 0.1) is 13.8 Å². The predicted octanol–water partition coefficient (Wildman–Crippen LogP) is 2.83. The number of amides is 1. The van der Waals surface area contributed by atoms with E-state index in [1.54, 1.807) is 7.11 Å². The summed E-state index contributed by atoms with van der Waals surface area (Å²) in [4.78, 5) is 14.8. The maximum absolute atomic E-state index is 12.9. The van der Waals surface area contributed by atoms with Gasteiger partial charge in [0.1, 0.15) is 0 Å². The van der Waals surface area contributed by atoms with Crippen molar-refractivity contribution < 1.29 is 19.0 Å². The van der Waals surface area contributed by atoms with Crippen LogP contribution < -0.4 is 0 Å². The van der Waals surface area contributed by atoms with Gasteiger partial charge in [-0.15, -0.1) is 0 Å². The smallest absolute Gasteiger partial charge is 0.225 e. The molecule has 0 aliphatic carbocycles. The van der Waals surface area contributed by atoms with E-state index in [0.717, 1.165) is 29.1 Å². The van der Waals surface area contributed by atoms with Crippen molar-refractivity contribution in [3.63, 3.8) is 0 Å². The summed E-state index contributed by atoms with van der Waals surface area (Å²) in [6.07, 6.45) is 1.20. The van der Waals surface area contributed by atoms with Crippen molar-refractivity contribution in [2.45, 2.75) is 32.7 Å². The molecule has 0 radical (unpaired) electrons. The normalized spacial score (nSPS) is 16.9. The lowest BCUT2D eigenvalue weighted by atomic mass is 10.0. The zero-order chi connectivity index (χ0) is 20.6. The Balaban J connectivity index is 1.71. The molecule has 2 aromatic rings. The van der Waals surface area contributed by atoms with E-state index >= 15 is 0 Å². The maximum atomic E-state index is 12.9. The summed E-state index contributed by atoms with van der Waals surface area (Å²) in [6.45, 7) is 7.39. The highest BCUT2D eigenvalue weighted by atomic mass is 16.5. The zero-order valence-electron chi connectivity index (χ0n) is 17.6. The third-order valence-corrected chi connectivity index (χ3v) is 5.23. The molecule has 0 spiro atoms.